The minimum atomic E-state index is -1.76. The van der Waals surface area contributed by atoms with Crippen LogP contribution in [0.4, 0.5) is 0 Å². The molecule has 1 aromatic rings. The summed E-state index contributed by atoms with van der Waals surface area (Å²) in [6.45, 7) is -0.543. The zero-order valence-electron chi connectivity index (χ0n) is 9.99. The van der Waals surface area contributed by atoms with E-state index in [9.17, 15) is 14.7 Å². The summed E-state index contributed by atoms with van der Waals surface area (Å²) in [6, 6.07) is 0. The molecule has 1 unspecified atom stereocenters. The van der Waals surface area contributed by atoms with Gasteiger partial charge in [0, 0.05) is 5.38 Å². The number of rotatable bonds is 2. The molecular formula is C10H11ClN4O5. The predicted octanol–water partition coefficient (Wildman–Crippen LogP) is -2.92. The van der Waals surface area contributed by atoms with Crippen LogP contribution in [0, 0.1) is 11.3 Å². The van der Waals surface area contributed by atoms with Gasteiger partial charge in [0.2, 0.25) is 0 Å². The Morgan fingerprint density at radius 1 is 1.65 bits per heavy atom. The number of aromatic nitrogens is 3. The first kappa shape index (κ1) is 14.7. The van der Waals surface area contributed by atoms with Crippen LogP contribution in [-0.4, -0.2) is 49.3 Å². The fourth-order valence-electron chi connectivity index (χ4n) is 1.96. The van der Waals surface area contributed by atoms with Crippen molar-refractivity contribution in [3.05, 3.63) is 27.0 Å². The molecule has 0 saturated carbocycles. The van der Waals surface area contributed by atoms with Crippen LogP contribution in [0.15, 0.2) is 15.8 Å². The average Bonchev–Trinajstić information content (AvgIpc) is 2.63. The van der Waals surface area contributed by atoms with Gasteiger partial charge in [0.05, 0.1) is 6.61 Å². The third-order valence-corrected chi connectivity index (χ3v) is 3.05. The normalized spacial score (nSPS) is 32.7. The number of nitrogens with zero attached hydrogens (tertiary/aromatic N) is 2. The number of H-pyrrole nitrogens is 1. The largest absolute Gasteiger partial charge is 0.394 e. The standard InChI is InChI=1S/C10H11ClN4O5/c11-2-1-10(12)7(18)5(4-16)20-8(10)15-9(19)14-6(17)3-13-15/h3,5,7-8,16,18H,4,12H2,(H,14,17,19)/t5-,7+,8-,10?/m1/s1. The molecule has 2 heterocycles. The van der Waals surface area contributed by atoms with Crippen molar-refractivity contribution in [1.82, 2.24) is 14.8 Å². The van der Waals surface area contributed by atoms with Crippen molar-refractivity contribution in [2.75, 3.05) is 6.61 Å². The van der Waals surface area contributed by atoms with Crippen LogP contribution in [-0.2, 0) is 4.74 Å². The van der Waals surface area contributed by atoms with E-state index >= 15 is 0 Å². The Balaban J connectivity index is 2.55. The third-order valence-electron chi connectivity index (χ3n) is 2.96. The number of hydrogen-bond acceptors (Lipinski definition) is 7. The van der Waals surface area contributed by atoms with E-state index in [0.29, 0.717) is 0 Å². The van der Waals surface area contributed by atoms with Crippen LogP contribution in [0.3, 0.4) is 0 Å². The second kappa shape index (κ2) is 5.35. The Labute approximate surface area is 116 Å². The first-order valence-corrected chi connectivity index (χ1v) is 5.86. The molecule has 0 radical (unpaired) electrons. The van der Waals surface area contributed by atoms with E-state index in [2.05, 4.69) is 11.0 Å². The summed E-state index contributed by atoms with van der Waals surface area (Å²) in [5, 5.41) is 24.8. The van der Waals surface area contributed by atoms with E-state index < -0.39 is 41.8 Å². The maximum absolute atomic E-state index is 11.7. The molecule has 1 aliphatic heterocycles. The maximum atomic E-state index is 11.7. The number of nitrogens with one attached hydrogen (secondary N) is 1. The highest BCUT2D eigenvalue weighted by Crippen LogP contribution is 2.34. The molecule has 0 aromatic carbocycles. The van der Waals surface area contributed by atoms with Crippen LogP contribution in [0.1, 0.15) is 6.23 Å². The lowest BCUT2D eigenvalue weighted by atomic mass is 9.92. The van der Waals surface area contributed by atoms with E-state index in [-0.39, 0.29) is 0 Å². The smallest absolute Gasteiger partial charge is 0.347 e. The number of hydrogen-bond donors (Lipinski definition) is 4. The lowest BCUT2D eigenvalue weighted by Crippen LogP contribution is -2.55. The molecule has 1 saturated heterocycles. The molecular weight excluding hydrogens is 292 g/mol. The molecule has 108 valence electrons. The van der Waals surface area contributed by atoms with E-state index in [1.165, 1.54) is 0 Å². The number of ether oxygens (including phenoxy) is 1. The predicted molar refractivity (Wildman–Crippen MR) is 66.7 cm³/mol. The molecule has 1 fully saturated rings. The topological polar surface area (TPSA) is 143 Å². The van der Waals surface area contributed by atoms with E-state index in [4.69, 9.17) is 27.2 Å². The number of aromatic amines is 1. The quantitative estimate of drug-likeness (QED) is 0.428. The highest BCUT2D eigenvalue weighted by atomic mass is 35.5. The van der Waals surface area contributed by atoms with Crippen molar-refractivity contribution in [2.45, 2.75) is 24.0 Å². The lowest BCUT2D eigenvalue weighted by Gasteiger charge is -2.26. The summed E-state index contributed by atoms with van der Waals surface area (Å²) in [5.74, 6) is 2.34. The zero-order valence-corrected chi connectivity index (χ0v) is 10.7. The molecule has 10 heteroatoms. The fraction of sp³-hybridized carbons (Fsp3) is 0.500. The van der Waals surface area contributed by atoms with Crippen LogP contribution in [0.25, 0.3) is 0 Å². The van der Waals surface area contributed by atoms with Crippen molar-refractivity contribution < 1.29 is 14.9 Å². The Hall–Kier alpha value is -1.70. The number of aliphatic hydroxyl groups excluding tert-OH is 2. The molecule has 0 bridgehead atoms. The van der Waals surface area contributed by atoms with Gasteiger partial charge < -0.3 is 20.7 Å². The lowest BCUT2D eigenvalue weighted by molar-refractivity contribution is -0.0530. The van der Waals surface area contributed by atoms with Crippen molar-refractivity contribution >= 4 is 11.6 Å². The van der Waals surface area contributed by atoms with Crippen LogP contribution < -0.4 is 17.0 Å². The van der Waals surface area contributed by atoms with Gasteiger partial charge >= 0.3 is 5.69 Å². The minimum absolute atomic E-state index is 0.543. The van der Waals surface area contributed by atoms with Gasteiger partial charge in [-0.25, -0.2) is 4.79 Å². The van der Waals surface area contributed by atoms with Crippen LogP contribution >= 0.6 is 11.6 Å². The third kappa shape index (κ3) is 2.24. The molecule has 0 amide bonds. The van der Waals surface area contributed by atoms with Gasteiger partial charge in [-0.3, -0.25) is 9.78 Å². The van der Waals surface area contributed by atoms with Crippen LogP contribution in [0.5, 0.6) is 0 Å². The number of aliphatic hydroxyl groups is 2. The van der Waals surface area contributed by atoms with Crippen molar-refractivity contribution in [3.63, 3.8) is 0 Å². The Bertz CT molecular complexity index is 676. The molecule has 4 atom stereocenters. The molecule has 1 aliphatic rings. The highest BCUT2D eigenvalue weighted by molar-refractivity contribution is 6.30. The Morgan fingerprint density at radius 3 is 2.90 bits per heavy atom. The van der Waals surface area contributed by atoms with Gasteiger partial charge in [0.25, 0.3) is 5.56 Å². The summed E-state index contributed by atoms with van der Waals surface area (Å²) in [6.07, 6.45) is -2.93. The van der Waals surface area contributed by atoms with Gasteiger partial charge in [-0.05, 0) is 11.6 Å². The monoisotopic (exact) mass is 302 g/mol. The molecule has 20 heavy (non-hydrogen) atoms. The maximum Gasteiger partial charge on any atom is 0.347 e. The fourth-order valence-corrected chi connectivity index (χ4v) is 2.12. The Morgan fingerprint density at radius 2 is 2.35 bits per heavy atom. The Kier molecular flexibility index (Phi) is 3.94. The number of nitrogens with two attached hydrogens (primary N) is 1. The summed E-state index contributed by atoms with van der Waals surface area (Å²) < 4.78 is 6.01. The first-order valence-electron chi connectivity index (χ1n) is 5.48. The van der Waals surface area contributed by atoms with Crippen molar-refractivity contribution in [3.8, 4) is 11.3 Å². The van der Waals surface area contributed by atoms with E-state index in [1.807, 2.05) is 10.4 Å². The van der Waals surface area contributed by atoms with Gasteiger partial charge in [0.1, 0.15) is 18.4 Å². The second-order valence-electron chi connectivity index (χ2n) is 4.19. The number of halogens is 1. The van der Waals surface area contributed by atoms with Crippen molar-refractivity contribution in [1.29, 1.82) is 0 Å². The van der Waals surface area contributed by atoms with Gasteiger partial charge in [-0.1, -0.05) is 5.92 Å². The zero-order chi connectivity index (χ0) is 14.9. The first-order chi connectivity index (χ1) is 9.43. The molecule has 1 aromatic heterocycles. The van der Waals surface area contributed by atoms with E-state index in [0.717, 1.165) is 10.9 Å². The molecule has 0 spiro atoms. The van der Waals surface area contributed by atoms with Gasteiger partial charge in [-0.2, -0.15) is 9.78 Å². The van der Waals surface area contributed by atoms with Crippen molar-refractivity contribution in [2.24, 2.45) is 5.73 Å². The van der Waals surface area contributed by atoms with Gasteiger partial charge in [-0.15, -0.1) is 0 Å². The van der Waals surface area contributed by atoms with E-state index in [1.54, 1.807) is 0 Å². The highest BCUT2D eigenvalue weighted by Gasteiger charge is 2.55. The average molecular weight is 303 g/mol. The molecule has 5 N–H and O–H groups in total. The molecule has 0 aliphatic carbocycles. The second-order valence-corrected chi connectivity index (χ2v) is 4.38. The molecule has 9 nitrogen and oxygen atoms in total. The SMILES string of the molecule is NC1(C#CCl)[C@@H](O)[C@@H](CO)O[C@H]1n1ncc(=O)[nH]c1=O. The van der Waals surface area contributed by atoms with Gasteiger partial charge in [0.15, 0.2) is 11.8 Å². The summed E-state index contributed by atoms with van der Waals surface area (Å²) >= 11 is 5.31. The summed E-state index contributed by atoms with van der Waals surface area (Å²) in [7, 11) is 0. The molecule has 2 rings (SSSR count). The summed E-state index contributed by atoms with van der Waals surface area (Å²) in [5.41, 5.74) is 2.58. The minimum Gasteiger partial charge on any atom is -0.394 e. The van der Waals surface area contributed by atoms with Crippen LogP contribution in [0.2, 0.25) is 0 Å². The summed E-state index contributed by atoms with van der Waals surface area (Å²) in [4.78, 5) is 24.7.